The van der Waals surface area contributed by atoms with E-state index in [4.69, 9.17) is 9.47 Å². The third-order valence-electron chi connectivity index (χ3n) is 9.14. The van der Waals surface area contributed by atoms with Gasteiger partial charge in [0.1, 0.15) is 11.9 Å². The molecule has 204 valence electrons. The first-order valence-electron chi connectivity index (χ1n) is 14.3. The van der Waals surface area contributed by atoms with Gasteiger partial charge in [0.15, 0.2) is 0 Å². The maximum Gasteiger partial charge on any atom is 0.302 e. The number of piperidine rings is 1. The van der Waals surface area contributed by atoms with Gasteiger partial charge in [-0.25, -0.2) is 0 Å². The number of rotatable bonds is 7. The summed E-state index contributed by atoms with van der Waals surface area (Å²) in [5.74, 6) is 1.43. The van der Waals surface area contributed by atoms with Crippen LogP contribution in [0.3, 0.4) is 0 Å². The maximum absolute atomic E-state index is 13.5. The fourth-order valence-electron chi connectivity index (χ4n) is 7.07. The minimum atomic E-state index is -0.272. The zero-order valence-corrected chi connectivity index (χ0v) is 22.9. The molecule has 3 fully saturated rings. The van der Waals surface area contributed by atoms with Crippen molar-refractivity contribution in [3.05, 3.63) is 77.9 Å². The van der Waals surface area contributed by atoms with Crippen LogP contribution in [0.25, 0.3) is 10.8 Å². The highest BCUT2D eigenvalue weighted by Crippen LogP contribution is 2.51. The molecule has 1 amide bonds. The van der Waals surface area contributed by atoms with Crippen LogP contribution in [-0.4, -0.2) is 55.7 Å². The molecule has 1 aliphatic heterocycles. The van der Waals surface area contributed by atoms with E-state index in [-0.39, 0.29) is 35.4 Å². The average Bonchev–Trinajstić information content (AvgIpc) is 3.77. The first-order chi connectivity index (χ1) is 18.9. The van der Waals surface area contributed by atoms with Crippen LogP contribution in [0.5, 0.6) is 5.75 Å². The number of benzene rings is 3. The van der Waals surface area contributed by atoms with E-state index >= 15 is 0 Å². The molecule has 0 radical (unpaired) electrons. The molecule has 0 aromatic heterocycles. The fraction of sp³-hybridized carbons (Fsp3) is 0.455. The van der Waals surface area contributed by atoms with E-state index in [2.05, 4.69) is 34.5 Å². The Bertz CT molecular complexity index is 1370. The second kappa shape index (κ2) is 10.6. The van der Waals surface area contributed by atoms with E-state index < -0.39 is 0 Å². The van der Waals surface area contributed by atoms with Crippen molar-refractivity contribution in [3.8, 4) is 5.75 Å². The van der Waals surface area contributed by atoms with Gasteiger partial charge in [-0.15, -0.1) is 0 Å². The Morgan fingerprint density at radius 3 is 2.62 bits per heavy atom. The van der Waals surface area contributed by atoms with Gasteiger partial charge < -0.3 is 19.7 Å². The van der Waals surface area contributed by atoms with Crippen molar-refractivity contribution in [1.82, 2.24) is 10.2 Å². The lowest BCUT2D eigenvalue weighted by atomic mass is 9.56. The van der Waals surface area contributed by atoms with Crippen LogP contribution in [0.1, 0.15) is 54.9 Å². The monoisotopic (exact) mass is 526 g/mol. The number of nitrogens with one attached hydrogen (secondary N) is 1. The van der Waals surface area contributed by atoms with Gasteiger partial charge in [-0.3, -0.25) is 9.59 Å². The highest BCUT2D eigenvalue weighted by atomic mass is 16.5. The number of methoxy groups -OCH3 is 1. The lowest BCUT2D eigenvalue weighted by Crippen LogP contribution is -2.61. The standard InChI is InChI=1S/C33H38N2O4/c1-22(36)39-31-18-28(34-32(37)26-13-12-24-6-3-4-7-25(24)16-26)19-33(27-8-5-9-29(17-27)38-2)14-15-35(21-30(31)33)20-23-10-11-23/h3-9,12-13,16-17,23,28,30-31H,10-11,14-15,18-21H2,1-2H3,(H,34,37)/t28-,30+,31?,33+/m1/s1. The van der Waals surface area contributed by atoms with E-state index in [9.17, 15) is 9.59 Å². The van der Waals surface area contributed by atoms with Gasteiger partial charge in [-0.2, -0.15) is 0 Å². The number of hydrogen-bond donors (Lipinski definition) is 1. The molecule has 6 nitrogen and oxygen atoms in total. The van der Waals surface area contributed by atoms with Gasteiger partial charge in [-0.05, 0) is 78.7 Å². The van der Waals surface area contributed by atoms with Crippen LogP contribution in [0, 0.1) is 11.8 Å². The van der Waals surface area contributed by atoms with Crippen molar-refractivity contribution in [2.24, 2.45) is 11.8 Å². The van der Waals surface area contributed by atoms with Gasteiger partial charge in [0.2, 0.25) is 0 Å². The number of esters is 1. The first kappa shape index (κ1) is 25.9. The number of nitrogens with zero attached hydrogens (tertiary/aromatic N) is 1. The lowest BCUT2D eigenvalue weighted by molar-refractivity contribution is -0.157. The predicted octanol–water partition coefficient (Wildman–Crippen LogP) is 5.34. The van der Waals surface area contributed by atoms with E-state index in [0.29, 0.717) is 12.0 Å². The molecule has 1 unspecified atom stereocenters. The molecule has 0 spiro atoms. The van der Waals surface area contributed by atoms with E-state index in [0.717, 1.165) is 54.9 Å². The second-order valence-electron chi connectivity index (χ2n) is 11.8. The number of carbonyl (C=O) groups is 2. The van der Waals surface area contributed by atoms with Crippen LogP contribution in [-0.2, 0) is 14.9 Å². The summed E-state index contributed by atoms with van der Waals surface area (Å²) >= 11 is 0. The summed E-state index contributed by atoms with van der Waals surface area (Å²) in [5, 5.41) is 5.49. The first-order valence-corrected chi connectivity index (χ1v) is 14.3. The SMILES string of the molecule is COc1cccc([C@@]23CCN(CC4CC4)C[C@H]2C(OC(C)=O)C[C@@H](NC(=O)c2ccc4ccccc4c2)C3)c1. The molecule has 4 atom stereocenters. The van der Waals surface area contributed by atoms with Crippen molar-refractivity contribution in [1.29, 1.82) is 0 Å². The highest BCUT2D eigenvalue weighted by Gasteiger charge is 2.54. The minimum absolute atomic E-state index is 0.0854. The van der Waals surface area contributed by atoms with E-state index in [1.54, 1.807) is 7.11 Å². The number of likely N-dealkylation sites (tertiary alicyclic amines) is 1. The zero-order chi connectivity index (χ0) is 27.0. The Morgan fingerprint density at radius 2 is 1.85 bits per heavy atom. The van der Waals surface area contributed by atoms with Crippen molar-refractivity contribution < 1.29 is 19.1 Å². The molecule has 2 saturated carbocycles. The van der Waals surface area contributed by atoms with Crippen molar-refractivity contribution in [2.75, 3.05) is 26.7 Å². The van der Waals surface area contributed by atoms with Crippen LogP contribution < -0.4 is 10.1 Å². The molecule has 2 aliphatic carbocycles. The second-order valence-corrected chi connectivity index (χ2v) is 11.8. The molecule has 1 N–H and O–H groups in total. The summed E-state index contributed by atoms with van der Waals surface area (Å²) in [4.78, 5) is 28.4. The van der Waals surface area contributed by atoms with Crippen molar-refractivity contribution in [3.63, 3.8) is 0 Å². The van der Waals surface area contributed by atoms with E-state index in [1.807, 2.05) is 42.5 Å². The Balaban J connectivity index is 1.32. The van der Waals surface area contributed by atoms with Gasteiger partial charge in [-0.1, -0.05) is 42.5 Å². The highest BCUT2D eigenvalue weighted by molar-refractivity contribution is 5.98. The lowest BCUT2D eigenvalue weighted by Gasteiger charge is -2.55. The van der Waals surface area contributed by atoms with Crippen LogP contribution in [0.15, 0.2) is 66.7 Å². The molecule has 3 aromatic rings. The summed E-state index contributed by atoms with van der Waals surface area (Å²) in [7, 11) is 1.70. The third kappa shape index (κ3) is 5.40. The van der Waals surface area contributed by atoms with Crippen LogP contribution in [0.2, 0.25) is 0 Å². The summed E-state index contributed by atoms with van der Waals surface area (Å²) < 4.78 is 11.7. The van der Waals surface area contributed by atoms with Gasteiger partial charge >= 0.3 is 5.97 Å². The molecule has 3 aromatic carbocycles. The summed E-state index contributed by atoms with van der Waals surface area (Å²) in [6, 6.07) is 22.1. The number of fused-ring (bicyclic) bond motifs is 2. The number of ether oxygens (including phenoxy) is 2. The van der Waals surface area contributed by atoms with Gasteiger partial charge in [0.05, 0.1) is 7.11 Å². The molecule has 39 heavy (non-hydrogen) atoms. The molecule has 3 aliphatic rings. The topological polar surface area (TPSA) is 67.9 Å². The quantitative estimate of drug-likeness (QED) is 0.421. The normalized spacial score (nSPS) is 27.0. The third-order valence-corrected chi connectivity index (χ3v) is 9.14. The number of amides is 1. The number of hydrogen-bond acceptors (Lipinski definition) is 5. The molecule has 1 heterocycles. The van der Waals surface area contributed by atoms with Gasteiger partial charge in [0.25, 0.3) is 5.91 Å². The zero-order valence-electron chi connectivity index (χ0n) is 22.9. The Kier molecular flexibility index (Phi) is 7.06. The summed E-state index contributed by atoms with van der Waals surface area (Å²) in [6.45, 7) is 4.52. The largest absolute Gasteiger partial charge is 0.497 e. The van der Waals surface area contributed by atoms with Crippen LogP contribution in [0.4, 0.5) is 0 Å². The average molecular weight is 527 g/mol. The Hall–Kier alpha value is -3.38. The predicted molar refractivity (Wildman–Crippen MR) is 152 cm³/mol. The number of carbonyl (C=O) groups excluding carboxylic acids is 2. The van der Waals surface area contributed by atoms with Crippen molar-refractivity contribution in [2.45, 2.75) is 56.6 Å². The van der Waals surface area contributed by atoms with Crippen LogP contribution >= 0.6 is 0 Å². The maximum atomic E-state index is 13.5. The summed E-state index contributed by atoms with van der Waals surface area (Å²) in [6.07, 6.45) is 4.74. The van der Waals surface area contributed by atoms with Crippen molar-refractivity contribution >= 4 is 22.6 Å². The fourth-order valence-corrected chi connectivity index (χ4v) is 7.07. The molecular weight excluding hydrogens is 488 g/mol. The Morgan fingerprint density at radius 1 is 1.03 bits per heavy atom. The van der Waals surface area contributed by atoms with Gasteiger partial charge in [0, 0.05) is 49.4 Å². The molecular formula is C33H38N2O4. The Labute approximate surface area is 230 Å². The van der Waals surface area contributed by atoms with E-state index in [1.165, 1.54) is 25.3 Å². The molecule has 6 heteroatoms. The molecule has 6 rings (SSSR count). The minimum Gasteiger partial charge on any atom is -0.497 e. The smallest absolute Gasteiger partial charge is 0.302 e. The molecule has 1 saturated heterocycles. The summed E-state index contributed by atoms with van der Waals surface area (Å²) in [5.41, 5.74) is 1.63. The molecule has 0 bridgehead atoms.